The molecule has 0 spiro atoms. The molecule has 0 saturated heterocycles. The van der Waals surface area contributed by atoms with Gasteiger partial charge in [0.1, 0.15) is 0 Å². The zero-order chi connectivity index (χ0) is 14.2. The molecular formula is C17H23NOS. The van der Waals surface area contributed by atoms with Crippen LogP contribution in [0.4, 0.5) is 0 Å². The first-order chi connectivity index (χ1) is 9.79. The molecule has 2 rings (SSSR count). The molecule has 1 N–H and O–H groups in total. The topological polar surface area (TPSA) is 33.1 Å². The van der Waals surface area contributed by atoms with E-state index in [0.29, 0.717) is 6.42 Å². The summed E-state index contributed by atoms with van der Waals surface area (Å²) in [6, 6.07) is 10.2. The van der Waals surface area contributed by atoms with Gasteiger partial charge < -0.3 is 5.11 Å². The molecule has 108 valence electrons. The number of hydrogen-bond donors (Lipinski definition) is 1. The Kier molecular flexibility index (Phi) is 6.22. The lowest BCUT2D eigenvalue weighted by atomic mass is 10.1. The van der Waals surface area contributed by atoms with Crippen LogP contribution in [-0.2, 0) is 6.42 Å². The Bertz CT molecular complexity index is 495. The summed E-state index contributed by atoms with van der Waals surface area (Å²) in [4.78, 5) is 4.62. The van der Waals surface area contributed by atoms with E-state index in [-0.39, 0.29) is 6.10 Å². The van der Waals surface area contributed by atoms with Crippen LogP contribution in [0.15, 0.2) is 35.7 Å². The van der Waals surface area contributed by atoms with Crippen molar-refractivity contribution in [2.75, 3.05) is 0 Å². The predicted molar refractivity (Wildman–Crippen MR) is 86.0 cm³/mol. The maximum absolute atomic E-state index is 10.0. The van der Waals surface area contributed by atoms with Gasteiger partial charge in [-0.25, -0.2) is 4.98 Å². The van der Waals surface area contributed by atoms with E-state index in [2.05, 4.69) is 29.4 Å². The molecule has 1 heterocycles. The van der Waals surface area contributed by atoms with E-state index in [1.165, 1.54) is 19.3 Å². The lowest BCUT2D eigenvalue weighted by molar-refractivity contribution is 0.161. The minimum atomic E-state index is -0.248. The Labute approximate surface area is 125 Å². The van der Waals surface area contributed by atoms with Crippen molar-refractivity contribution < 1.29 is 5.11 Å². The second kappa shape index (κ2) is 8.18. The van der Waals surface area contributed by atoms with Crippen LogP contribution in [0.5, 0.6) is 0 Å². The standard InChI is InChI=1S/C17H23NOS/c1-2-3-4-8-11-15(19)12-17-18-16(13-20-17)14-9-6-5-7-10-14/h5-7,9-10,13,15,19H,2-4,8,11-12H2,1H3. The van der Waals surface area contributed by atoms with Gasteiger partial charge in [0, 0.05) is 17.4 Å². The third-order valence-electron chi connectivity index (χ3n) is 3.42. The zero-order valence-corrected chi connectivity index (χ0v) is 12.9. The Morgan fingerprint density at radius 2 is 1.95 bits per heavy atom. The molecule has 1 aromatic heterocycles. The average Bonchev–Trinajstić information content (AvgIpc) is 2.93. The molecule has 0 radical (unpaired) electrons. The maximum Gasteiger partial charge on any atom is 0.0958 e. The van der Waals surface area contributed by atoms with Gasteiger partial charge in [0.25, 0.3) is 0 Å². The number of rotatable bonds is 8. The van der Waals surface area contributed by atoms with Crippen LogP contribution < -0.4 is 0 Å². The first-order valence-corrected chi connectivity index (χ1v) is 8.35. The summed E-state index contributed by atoms with van der Waals surface area (Å²) in [5, 5.41) is 13.2. The number of hydrogen-bond acceptors (Lipinski definition) is 3. The van der Waals surface area contributed by atoms with Crippen LogP contribution >= 0.6 is 11.3 Å². The summed E-state index contributed by atoms with van der Waals surface area (Å²) in [6.45, 7) is 2.21. The highest BCUT2D eigenvalue weighted by Crippen LogP contribution is 2.23. The van der Waals surface area contributed by atoms with Gasteiger partial charge in [0.05, 0.1) is 16.8 Å². The van der Waals surface area contributed by atoms with E-state index in [0.717, 1.165) is 29.1 Å². The largest absolute Gasteiger partial charge is 0.393 e. The minimum absolute atomic E-state index is 0.248. The molecule has 0 aliphatic rings. The number of unbranched alkanes of at least 4 members (excludes halogenated alkanes) is 3. The quantitative estimate of drug-likeness (QED) is 0.715. The van der Waals surface area contributed by atoms with Crippen LogP contribution in [0.1, 0.15) is 44.0 Å². The molecule has 1 atom stereocenters. The van der Waals surface area contributed by atoms with E-state index < -0.39 is 0 Å². The van der Waals surface area contributed by atoms with Crippen molar-refractivity contribution in [3.05, 3.63) is 40.7 Å². The summed E-state index contributed by atoms with van der Waals surface area (Å²) in [7, 11) is 0. The average molecular weight is 289 g/mol. The van der Waals surface area contributed by atoms with E-state index in [1.54, 1.807) is 11.3 Å². The van der Waals surface area contributed by atoms with Crippen molar-refractivity contribution in [3.63, 3.8) is 0 Å². The number of thiazole rings is 1. The van der Waals surface area contributed by atoms with Crippen LogP contribution in [0.2, 0.25) is 0 Å². The fourth-order valence-electron chi connectivity index (χ4n) is 2.26. The second-order valence-corrected chi connectivity index (χ2v) is 6.14. The Hall–Kier alpha value is -1.19. The molecule has 0 bridgehead atoms. The van der Waals surface area contributed by atoms with Crippen molar-refractivity contribution in [1.82, 2.24) is 4.98 Å². The third kappa shape index (κ3) is 4.73. The van der Waals surface area contributed by atoms with Crippen LogP contribution in [-0.4, -0.2) is 16.2 Å². The van der Waals surface area contributed by atoms with Crippen LogP contribution in [0, 0.1) is 0 Å². The molecule has 0 saturated carbocycles. The number of aliphatic hydroxyl groups excluding tert-OH is 1. The highest BCUT2D eigenvalue weighted by molar-refractivity contribution is 7.09. The molecule has 1 unspecified atom stereocenters. The maximum atomic E-state index is 10.0. The first kappa shape index (κ1) is 15.2. The number of aliphatic hydroxyl groups is 1. The molecule has 3 heteroatoms. The minimum Gasteiger partial charge on any atom is -0.393 e. The normalized spacial score (nSPS) is 12.5. The number of nitrogens with zero attached hydrogens (tertiary/aromatic N) is 1. The number of aromatic nitrogens is 1. The lowest BCUT2D eigenvalue weighted by Gasteiger charge is -2.07. The highest BCUT2D eigenvalue weighted by atomic mass is 32.1. The van der Waals surface area contributed by atoms with Gasteiger partial charge in [-0.05, 0) is 6.42 Å². The van der Waals surface area contributed by atoms with E-state index in [4.69, 9.17) is 0 Å². The fraction of sp³-hybridized carbons (Fsp3) is 0.471. The van der Waals surface area contributed by atoms with Gasteiger partial charge in [0.2, 0.25) is 0 Å². The summed E-state index contributed by atoms with van der Waals surface area (Å²) in [5.74, 6) is 0. The summed E-state index contributed by atoms with van der Waals surface area (Å²) < 4.78 is 0. The van der Waals surface area contributed by atoms with Gasteiger partial charge in [-0.3, -0.25) is 0 Å². The molecular weight excluding hydrogens is 266 g/mol. The monoisotopic (exact) mass is 289 g/mol. The zero-order valence-electron chi connectivity index (χ0n) is 12.1. The smallest absolute Gasteiger partial charge is 0.0958 e. The Morgan fingerprint density at radius 1 is 1.15 bits per heavy atom. The van der Waals surface area contributed by atoms with Gasteiger partial charge in [-0.15, -0.1) is 11.3 Å². The van der Waals surface area contributed by atoms with Crippen molar-refractivity contribution >= 4 is 11.3 Å². The van der Waals surface area contributed by atoms with Crippen LogP contribution in [0.3, 0.4) is 0 Å². The molecule has 20 heavy (non-hydrogen) atoms. The molecule has 0 aliphatic heterocycles. The summed E-state index contributed by atoms with van der Waals surface area (Å²) in [6.07, 6.45) is 6.17. The van der Waals surface area contributed by atoms with E-state index >= 15 is 0 Å². The SMILES string of the molecule is CCCCCCC(O)Cc1nc(-c2ccccc2)cs1. The molecule has 0 amide bonds. The Balaban J connectivity index is 1.83. The van der Waals surface area contributed by atoms with Crippen LogP contribution in [0.25, 0.3) is 11.3 Å². The molecule has 0 fully saturated rings. The van der Waals surface area contributed by atoms with Crippen molar-refractivity contribution in [2.24, 2.45) is 0 Å². The van der Waals surface area contributed by atoms with E-state index in [1.807, 2.05) is 18.2 Å². The summed E-state index contributed by atoms with van der Waals surface area (Å²) >= 11 is 1.65. The molecule has 2 aromatic rings. The van der Waals surface area contributed by atoms with Gasteiger partial charge >= 0.3 is 0 Å². The van der Waals surface area contributed by atoms with Gasteiger partial charge in [-0.2, -0.15) is 0 Å². The first-order valence-electron chi connectivity index (χ1n) is 7.47. The number of benzene rings is 1. The second-order valence-electron chi connectivity index (χ2n) is 5.20. The van der Waals surface area contributed by atoms with Crippen molar-refractivity contribution in [1.29, 1.82) is 0 Å². The van der Waals surface area contributed by atoms with E-state index in [9.17, 15) is 5.11 Å². The summed E-state index contributed by atoms with van der Waals surface area (Å²) in [5.41, 5.74) is 2.16. The molecule has 0 aliphatic carbocycles. The fourth-order valence-corrected chi connectivity index (χ4v) is 3.13. The van der Waals surface area contributed by atoms with Crippen molar-refractivity contribution in [3.8, 4) is 11.3 Å². The highest BCUT2D eigenvalue weighted by Gasteiger charge is 2.10. The van der Waals surface area contributed by atoms with Gasteiger partial charge in [0.15, 0.2) is 0 Å². The molecule has 1 aromatic carbocycles. The van der Waals surface area contributed by atoms with Crippen molar-refractivity contribution in [2.45, 2.75) is 51.6 Å². The Morgan fingerprint density at radius 3 is 2.70 bits per heavy atom. The molecule has 2 nitrogen and oxygen atoms in total. The van der Waals surface area contributed by atoms with Gasteiger partial charge in [-0.1, -0.05) is 62.9 Å². The third-order valence-corrected chi connectivity index (χ3v) is 4.29. The lowest BCUT2D eigenvalue weighted by Crippen LogP contribution is -2.10. The predicted octanol–water partition coefficient (Wildman–Crippen LogP) is 4.68.